The molecule has 3 heteroatoms. The maximum Gasteiger partial charge on any atom is 0.0929 e. The first-order chi connectivity index (χ1) is 6.77. The van der Waals surface area contributed by atoms with Crippen LogP contribution in [0, 0.1) is 0 Å². The minimum Gasteiger partial charge on any atom is -0.385 e. The monoisotopic (exact) mass is 213 g/mol. The van der Waals surface area contributed by atoms with Gasteiger partial charge in [0.15, 0.2) is 0 Å². The third kappa shape index (κ3) is 3.39. The number of hydrogen-bond acceptors (Lipinski definition) is 3. The highest BCUT2D eigenvalue weighted by Gasteiger charge is 2.07. The van der Waals surface area contributed by atoms with E-state index < -0.39 is 0 Å². The van der Waals surface area contributed by atoms with E-state index in [1.165, 1.54) is 17.1 Å². The number of hydrogen-bond donors (Lipinski definition) is 0. The molecule has 0 N–H and O–H groups in total. The van der Waals surface area contributed by atoms with Crippen LogP contribution in [-0.4, -0.2) is 18.7 Å². The van der Waals surface area contributed by atoms with Gasteiger partial charge in [-0.15, -0.1) is 11.3 Å². The molecule has 0 aliphatic rings. The van der Waals surface area contributed by atoms with Gasteiger partial charge in [-0.2, -0.15) is 0 Å². The molecule has 0 saturated heterocycles. The second-order valence-corrected chi connectivity index (χ2v) is 4.51. The minimum absolute atomic E-state index is 0.599. The smallest absolute Gasteiger partial charge is 0.0929 e. The van der Waals surface area contributed by atoms with Crippen molar-refractivity contribution < 1.29 is 4.74 Å². The first-order valence-electron chi connectivity index (χ1n) is 5.21. The quantitative estimate of drug-likeness (QED) is 0.677. The molecular formula is C11H19NOS. The summed E-state index contributed by atoms with van der Waals surface area (Å²) in [7, 11) is 1.74. The SMILES string of the molecule is CCC(C)c1csc(CCCOC)n1. The summed E-state index contributed by atoms with van der Waals surface area (Å²) >= 11 is 1.78. The number of aryl methyl sites for hydroxylation is 1. The van der Waals surface area contributed by atoms with Crippen LogP contribution in [0.4, 0.5) is 0 Å². The summed E-state index contributed by atoms with van der Waals surface area (Å²) in [6, 6.07) is 0. The molecule has 0 aromatic carbocycles. The Morgan fingerprint density at radius 2 is 2.36 bits per heavy atom. The minimum atomic E-state index is 0.599. The molecule has 1 unspecified atom stereocenters. The van der Waals surface area contributed by atoms with Gasteiger partial charge < -0.3 is 4.74 Å². The number of methoxy groups -OCH3 is 1. The lowest BCUT2D eigenvalue weighted by Crippen LogP contribution is -1.94. The van der Waals surface area contributed by atoms with Crippen molar-refractivity contribution in [2.45, 2.75) is 39.0 Å². The number of thiazole rings is 1. The van der Waals surface area contributed by atoms with E-state index in [2.05, 4.69) is 24.2 Å². The van der Waals surface area contributed by atoms with Crippen molar-refractivity contribution in [2.24, 2.45) is 0 Å². The lowest BCUT2D eigenvalue weighted by Gasteiger charge is -2.02. The average Bonchev–Trinajstić information content (AvgIpc) is 2.66. The Morgan fingerprint density at radius 3 is 3.00 bits per heavy atom. The lowest BCUT2D eigenvalue weighted by atomic mass is 10.1. The molecule has 0 spiro atoms. The predicted octanol–water partition coefficient (Wildman–Crippen LogP) is 3.24. The molecular weight excluding hydrogens is 194 g/mol. The third-order valence-electron chi connectivity index (χ3n) is 2.43. The van der Waals surface area contributed by atoms with Crippen molar-refractivity contribution in [3.8, 4) is 0 Å². The van der Waals surface area contributed by atoms with E-state index in [1.54, 1.807) is 18.4 Å². The number of aromatic nitrogens is 1. The first-order valence-corrected chi connectivity index (χ1v) is 6.09. The zero-order chi connectivity index (χ0) is 10.4. The fourth-order valence-electron chi connectivity index (χ4n) is 1.24. The molecule has 80 valence electrons. The Labute approximate surface area is 90.3 Å². The van der Waals surface area contributed by atoms with Gasteiger partial charge in [-0.05, 0) is 18.8 Å². The maximum absolute atomic E-state index is 5.02. The maximum atomic E-state index is 5.02. The Balaban J connectivity index is 2.42. The zero-order valence-electron chi connectivity index (χ0n) is 9.25. The molecule has 0 amide bonds. The van der Waals surface area contributed by atoms with Crippen LogP contribution < -0.4 is 0 Å². The molecule has 0 saturated carbocycles. The van der Waals surface area contributed by atoms with Gasteiger partial charge in [0.25, 0.3) is 0 Å². The van der Waals surface area contributed by atoms with Crippen LogP contribution in [0.3, 0.4) is 0 Å². The molecule has 0 aliphatic heterocycles. The van der Waals surface area contributed by atoms with Crippen LogP contribution in [-0.2, 0) is 11.2 Å². The highest BCUT2D eigenvalue weighted by Crippen LogP contribution is 2.21. The third-order valence-corrected chi connectivity index (χ3v) is 3.35. The Hall–Kier alpha value is -0.410. The molecule has 14 heavy (non-hydrogen) atoms. The van der Waals surface area contributed by atoms with E-state index in [-0.39, 0.29) is 0 Å². The number of ether oxygens (including phenoxy) is 1. The van der Waals surface area contributed by atoms with E-state index in [1.807, 2.05) is 0 Å². The van der Waals surface area contributed by atoms with Gasteiger partial charge in [0.05, 0.1) is 10.7 Å². The van der Waals surface area contributed by atoms with Crippen molar-refractivity contribution in [2.75, 3.05) is 13.7 Å². The van der Waals surface area contributed by atoms with Gasteiger partial charge >= 0.3 is 0 Å². The molecule has 0 aliphatic carbocycles. The largest absolute Gasteiger partial charge is 0.385 e. The fraction of sp³-hybridized carbons (Fsp3) is 0.727. The Kier molecular flexibility index (Phi) is 5.12. The topological polar surface area (TPSA) is 22.1 Å². The van der Waals surface area contributed by atoms with Crippen molar-refractivity contribution in [3.63, 3.8) is 0 Å². The standard InChI is InChI=1S/C11H19NOS/c1-4-9(2)10-8-14-11(12-10)6-5-7-13-3/h8-9H,4-7H2,1-3H3. The normalized spacial score (nSPS) is 13.1. The summed E-state index contributed by atoms with van der Waals surface area (Å²) in [4.78, 5) is 4.62. The molecule has 1 heterocycles. The van der Waals surface area contributed by atoms with Gasteiger partial charge in [-0.25, -0.2) is 4.98 Å². The molecule has 1 rings (SSSR count). The van der Waals surface area contributed by atoms with E-state index in [9.17, 15) is 0 Å². The van der Waals surface area contributed by atoms with E-state index >= 15 is 0 Å². The fourth-order valence-corrected chi connectivity index (χ4v) is 2.21. The lowest BCUT2D eigenvalue weighted by molar-refractivity contribution is 0.195. The molecule has 1 aromatic heterocycles. The number of rotatable bonds is 6. The van der Waals surface area contributed by atoms with Crippen molar-refractivity contribution in [1.82, 2.24) is 4.98 Å². The van der Waals surface area contributed by atoms with Crippen LogP contribution in [0.1, 0.15) is 43.3 Å². The average molecular weight is 213 g/mol. The van der Waals surface area contributed by atoms with E-state index in [4.69, 9.17) is 4.74 Å². The van der Waals surface area contributed by atoms with E-state index in [0.717, 1.165) is 19.4 Å². The molecule has 0 bridgehead atoms. The van der Waals surface area contributed by atoms with Crippen LogP contribution in [0.15, 0.2) is 5.38 Å². The van der Waals surface area contributed by atoms with Crippen LogP contribution in [0.5, 0.6) is 0 Å². The van der Waals surface area contributed by atoms with Crippen molar-refractivity contribution in [3.05, 3.63) is 16.1 Å². The summed E-state index contributed by atoms with van der Waals surface area (Å²) in [5.41, 5.74) is 1.25. The first kappa shape index (κ1) is 11.7. The Morgan fingerprint density at radius 1 is 1.57 bits per heavy atom. The van der Waals surface area contributed by atoms with Crippen LogP contribution >= 0.6 is 11.3 Å². The van der Waals surface area contributed by atoms with Gasteiger partial charge in [-0.1, -0.05) is 13.8 Å². The summed E-state index contributed by atoms with van der Waals surface area (Å²) in [5, 5.41) is 3.44. The molecule has 1 aromatic rings. The van der Waals surface area contributed by atoms with Crippen molar-refractivity contribution >= 4 is 11.3 Å². The van der Waals surface area contributed by atoms with Gasteiger partial charge in [0.1, 0.15) is 0 Å². The summed E-state index contributed by atoms with van der Waals surface area (Å²) < 4.78 is 5.02. The molecule has 1 atom stereocenters. The van der Waals surface area contributed by atoms with Crippen LogP contribution in [0.2, 0.25) is 0 Å². The van der Waals surface area contributed by atoms with Gasteiger partial charge in [0, 0.05) is 25.5 Å². The molecule has 2 nitrogen and oxygen atoms in total. The predicted molar refractivity (Wildman–Crippen MR) is 61.0 cm³/mol. The zero-order valence-corrected chi connectivity index (χ0v) is 10.1. The number of nitrogens with zero attached hydrogens (tertiary/aromatic N) is 1. The highest BCUT2D eigenvalue weighted by atomic mass is 32.1. The van der Waals surface area contributed by atoms with Gasteiger partial charge in [0.2, 0.25) is 0 Å². The summed E-state index contributed by atoms with van der Waals surface area (Å²) in [6.07, 6.45) is 3.29. The van der Waals surface area contributed by atoms with Gasteiger partial charge in [-0.3, -0.25) is 0 Å². The van der Waals surface area contributed by atoms with E-state index in [0.29, 0.717) is 5.92 Å². The Bertz CT molecular complexity index is 260. The second kappa shape index (κ2) is 6.14. The summed E-state index contributed by atoms with van der Waals surface area (Å²) in [6.45, 7) is 5.26. The second-order valence-electron chi connectivity index (χ2n) is 3.57. The van der Waals surface area contributed by atoms with Crippen LogP contribution in [0.25, 0.3) is 0 Å². The summed E-state index contributed by atoms with van der Waals surface area (Å²) in [5.74, 6) is 0.599. The highest BCUT2D eigenvalue weighted by molar-refractivity contribution is 7.09. The molecule has 0 fully saturated rings. The van der Waals surface area contributed by atoms with Crippen molar-refractivity contribution in [1.29, 1.82) is 0 Å². The molecule has 0 radical (unpaired) electrons.